The van der Waals surface area contributed by atoms with Gasteiger partial charge in [0.05, 0.1) is 0 Å². The van der Waals surface area contributed by atoms with E-state index in [-0.39, 0.29) is 0 Å². The molecule has 0 aliphatic heterocycles. The molecule has 0 unspecified atom stereocenters. The Morgan fingerprint density at radius 3 is 2.26 bits per heavy atom. The third-order valence-electron chi connectivity index (χ3n) is 3.10. The number of aryl methyl sites for hydroxylation is 2. The Labute approximate surface area is 119 Å². The molecule has 2 nitrogen and oxygen atoms in total. The molecule has 2 rings (SSSR count). The van der Waals surface area contributed by atoms with Gasteiger partial charge in [-0.3, -0.25) is 0 Å². The number of nitrogens with one attached hydrogen (secondary N) is 1. The van der Waals surface area contributed by atoms with Crippen molar-refractivity contribution in [2.75, 3.05) is 0 Å². The van der Waals surface area contributed by atoms with Crippen molar-refractivity contribution in [1.29, 1.82) is 0 Å². The van der Waals surface area contributed by atoms with Gasteiger partial charge in [0.1, 0.15) is 5.75 Å². The zero-order valence-electron chi connectivity index (χ0n) is 11.2. The van der Waals surface area contributed by atoms with Crippen molar-refractivity contribution in [3.05, 3.63) is 63.7 Å². The minimum absolute atomic E-state index is 0.388. The molecule has 100 valence electrons. The van der Waals surface area contributed by atoms with Gasteiger partial charge in [0.25, 0.3) is 0 Å². The first kappa shape index (κ1) is 13.9. The standard InChI is InChI=1S/C16H18ClNO/c1-11-6-14(7-12(2)16(11)19)10-18-9-13-4-3-5-15(17)8-13/h3-8,18-19H,9-10H2,1-2H3. The first-order valence-electron chi connectivity index (χ1n) is 6.30. The molecule has 0 aromatic heterocycles. The summed E-state index contributed by atoms with van der Waals surface area (Å²) in [6.07, 6.45) is 0. The summed E-state index contributed by atoms with van der Waals surface area (Å²) in [5.74, 6) is 0.388. The molecule has 0 saturated carbocycles. The maximum atomic E-state index is 9.73. The third-order valence-corrected chi connectivity index (χ3v) is 3.33. The highest BCUT2D eigenvalue weighted by Crippen LogP contribution is 2.22. The molecule has 0 amide bonds. The molecule has 0 bridgehead atoms. The minimum atomic E-state index is 0.388. The van der Waals surface area contributed by atoms with Crippen LogP contribution >= 0.6 is 11.6 Å². The summed E-state index contributed by atoms with van der Waals surface area (Å²) in [6, 6.07) is 11.8. The second-order valence-electron chi connectivity index (χ2n) is 4.81. The van der Waals surface area contributed by atoms with Crippen LogP contribution < -0.4 is 5.32 Å². The van der Waals surface area contributed by atoms with Crippen LogP contribution in [0.25, 0.3) is 0 Å². The second kappa shape index (κ2) is 6.09. The van der Waals surface area contributed by atoms with Crippen LogP contribution in [0.4, 0.5) is 0 Å². The number of hydrogen-bond acceptors (Lipinski definition) is 2. The first-order chi connectivity index (χ1) is 9.06. The Balaban J connectivity index is 1.96. The van der Waals surface area contributed by atoms with Crippen molar-refractivity contribution >= 4 is 11.6 Å². The van der Waals surface area contributed by atoms with Crippen molar-refractivity contribution < 1.29 is 5.11 Å². The van der Waals surface area contributed by atoms with Gasteiger partial charge in [-0.15, -0.1) is 0 Å². The molecule has 19 heavy (non-hydrogen) atoms. The number of hydrogen-bond donors (Lipinski definition) is 2. The van der Waals surface area contributed by atoms with Crippen molar-refractivity contribution in [3.8, 4) is 5.75 Å². The molecule has 0 aliphatic carbocycles. The lowest BCUT2D eigenvalue weighted by atomic mass is 10.1. The zero-order valence-corrected chi connectivity index (χ0v) is 12.0. The monoisotopic (exact) mass is 275 g/mol. The van der Waals surface area contributed by atoms with E-state index in [4.69, 9.17) is 11.6 Å². The van der Waals surface area contributed by atoms with Crippen LogP contribution in [0.15, 0.2) is 36.4 Å². The van der Waals surface area contributed by atoms with Gasteiger partial charge in [-0.2, -0.15) is 0 Å². The van der Waals surface area contributed by atoms with E-state index < -0.39 is 0 Å². The van der Waals surface area contributed by atoms with Gasteiger partial charge >= 0.3 is 0 Å². The summed E-state index contributed by atoms with van der Waals surface area (Å²) in [5.41, 5.74) is 4.17. The van der Waals surface area contributed by atoms with Gasteiger partial charge in [0.2, 0.25) is 0 Å². The van der Waals surface area contributed by atoms with E-state index in [0.717, 1.165) is 29.2 Å². The van der Waals surface area contributed by atoms with Crippen molar-refractivity contribution in [3.63, 3.8) is 0 Å². The summed E-state index contributed by atoms with van der Waals surface area (Å²) < 4.78 is 0. The van der Waals surface area contributed by atoms with Crippen LogP contribution in [0.5, 0.6) is 5.75 Å². The molecule has 3 heteroatoms. The zero-order chi connectivity index (χ0) is 13.8. The smallest absolute Gasteiger partial charge is 0.121 e. The average Bonchev–Trinajstić information content (AvgIpc) is 2.36. The third kappa shape index (κ3) is 3.72. The molecule has 2 N–H and O–H groups in total. The first-order valence-corrected chi connectivity index (χ1v) is 6.68. The molecule has 2 aromatic rings. The second-order valence-corrected chi connectivity index (χ2v) is 5.25. The van der Waals surface area contributed by atoms with Crippen LogP contribution in [0.2, 0.25) is 5.02 Å². The van der Waals surface area contributed by atoms with E-state index in [2.05, 4.69) is 5.32 Å². The molecular formula is C16H18ClNO. The van der Waals surface area contributed by atoms with E-state index in [1.54, 1.807) is 0 Å². The fraction of sp³-hybridized carbons (Fsp3) is 0.250. The van der Waals surface area contributed by atoms with Gasteiger partial charge < -0.3 is 10.4 Å². The minimum Gasteiger partial charge on any atom is -0.507 e. The lowest BCUT2D eigenvalue weighted by molar-refractivity contribution is 0.466. The largest absolute Gasteiger partial charge is 0.507 e. The molecule has 0 heterocycles. The van der Waals surface area contributed by atoms with Crippen molar-refractivity contribution in [1.82, 2.24) is 5.32 Å². The predicted octanol–water partition coefficient (Wildman–Crippen LogP) is 3.95. The molecule has 0 atom stereocenters. The number of aromatic hydroxyl groups is 1. The van der Waals surface area contributed by atoms with Gasteiger partial charge in [-0.05, 0) is 48.2 Å². The molecule has 0 radical (unpaired) electrons. The fourth-order valence-corrected chi connectivity index (χ4v) is 2.36. The Hall–Kier alpha value is -1.51. The Morgan fingerprint density at radius 1 is 1.00 bits per heavy atom. The lowest BCUT2D eigenvalue weighted by Gasteiger charge is -2.09. The number of phenolic OH excluding ortho intramolecular Hbond substituents is 1. The van der Waals surface area contributed by atoms with Crippen molar-refractivity contribution in [2.45, 2.75) is 26.9 Å². The topological polar surface area (TPSA) is 32.3 Å². The maximum absolute atomic E-state index is 9.73. The summed E-state index contributed by atoms with van der Waals surface area (Å²) in [7, 11) is 0. The van der Waals surface area contributed by atoms with E-state index >= 15 is 0 Å². The Morgan fingerprint density at radius 2 is 1.63 bits per heavy atom. The maximum Gasteiger partial charge on any atom is 0.121 e. The number of benzene rings is 2. The highest BCUT2D eigenvalue weighted by molar-refractivity contribution is 6.30. The number of halogens is 1. The van der Waals surface area contributed by atoms with Crippen LogP contribution in [-0.4, -0.2) is 5.11 Å². The van der Waals surface area contributed by atoms with Gasteiger partial charge in [0.15, 0.2) is 0 Å². The van der Waals surface area contributed by atoms with Crippen LogP contribution in [0.3, 0.4) is 0 Å². The molecule has 0 fully saturated rings. The quantitative estimate of drug-likeness (QED) is 0.885. The predicted molar refractivity (Wildman–Crippen MR) is 79.6 cm³/mol. The molecule has 0 aliphatic rings. The van der Waals surface area contributed by atoms with E-state index in [9.17, 15) is 5.11 Å². The highest BCUT2D eigenvalue weighted by atomic mass is 35.5. The van der Waals surface area contributed by atoms with E-state index in [0.29, 0.717) is 5.75 Å². The number of rotatable bonds is 4. The van der Waals surface area contributed by atoms with Gasteiger partial charge in [-0.1, -0.05) is 35.9 Å². The normalized spacial score (nSPS) is 10.7. The summed E-state index contributed by atoms with van der Waals surface area (Å²) in [5, 5.41) is 13.9. The highest BCUT2D eigenvalue weighted by Gasteiger charge is 2.03. The van der Waals surface area contributed by atoms with Gasteiger partial charge in [-0.25, -0.2) is 0 Å². The van der Waals surface area contributed by atoms with Crippen molar-refractivity contribution in [2.24, 2.45) is 0 Å². The summed E-state index contributed by atoms with van der Waals surface area (Å²) in [6.45, 7) is 5.39. The molecular weight excluding hydrogens is 258 g/mol. The Kier molecular flexibility index (Phi) is 4.46. The SMILES string of the molecule is Cc1cc(CNCc2cccc(Cl)c2)cc(C)c1O. The van der Waals surface area contributed by atoms with E-state index in [1.165, 1.54) is 11.1 Å². The van der Waals surface area contributed by atoms with Gasteiger partial charge in [0, 0.05) is 18.1 Å². The summed E-state index contributed by atoms with van der Waals surface area (Å²) >= 11 is 5.94. The van der Waals surface area contributed by atoms with Crippen LogP contribution in [0, 0.1) is 13.8 Å². The molecule has 0 spiro atoms. The lowest BCUT2D eigenvalue weighted by Crippen LogP contribution is -2.12. The van der Waals surface area contributed by atoms with Crippen LogP contribution in [0.1, 0.15) is 22.3 Å². The number of phenols is 1. The molecule has 0 saturated heterocycles. The fourth-order valence-electron chi connectivity index (χ4n) is 2.15. The molecule has 2 aromatic carbocycles. The van der Waals surface area contributed by atoms with Crippen LogP contribution in [-0.2, 0) is 13.1 Å². The Bertz CT molecular complexity index is 558. The summed E-state index contributed by atoms with van der Waals surface area (Å²) in [4.78, 5) is 0. The average molecular weight is 276 g/mol. The van der Waals surface area contributed by atoms with E-state index in [1.807, 2.05) is 50.2 Å².